The molecule has 0 heterocycles. The molecule has 3 heteroatoms. The van der Waals surface area contributed by atoms with Crippen molar-refractivity contribution in [2.75, 3.05) is 0 Å². The summed E-state index contributed by atoms with van der Waals surface area (Å²) in [7, 11) is 0. The van der Waals surface area contributed by atoms with Gasteiger partial charge in [0.05, 0.1) is 0 Å². The van der Waals surface area contributed by atoms with E-state index in [4.69, 9.17) is 11.2 Å². The zero-order chi connectivity index (χ0) is 18.7. The Bertz CT molecular complexity index is 688. The van der Waals surface area contributed by atoms with Crippen molar-refractivity contribution >= 4 is 5.97 Å². The molecule has 0 bridgehead atoms. The van der Waals surface area contributed by atoms with Crippen LogP contribution in [-0.4, -0.2) is 22.8 Å². The lowest BCUT2D eigenvalue weighted by Gasteiger charge is -2.58. The van der Waals surface area contributed by atoms with E-state index in [1.165, 1.54) is 12.5 Å². The summed E-state index contributed by atoms with van der Waals surface area (Å²) in [5, 5.41) is 11.1. The predicted octanol–water partition coefficient (Wildman–Crippen LogP) is 4.25. The van der Waals surface area contributed by atoms with Crippen molar-refractivity contribution in [3.63, 3.8) is 0 Å². The zero-order valence-corrected chi connectivity index (χ0v) is 16.4. The molecule has 0 aromatic rings. The lowest BCUT2D eigenvalue weighted by Crippen LogP contribution is -2.54. The van der Waals surface area contributed by atoms with Gasteiger partial charge in [-0.25, -0.2) is 0 Å². The van der Waals surface area contributed by atoms with Crippen LogP contribution >= 0.6 is 0 Å². The first-order valence-electron chi connectivity index (χ1n) is 10.3. The number of allylic oxidation sites excluding steroid dienone is 1. The van der Waals surface area contributed by atoms with Crippen LogP contribution in [0.15, 0.2) is 11.6 Å². The molecule has 0 amide bonds. The van der Waals surface area contributed by atoms with Crippen LogP contribution in [0, 0.1) is 40.9 Å². The maximum atomic E-state index is 11.3. The van der Waals surface area contributed by atoms with E-state index in [-0.39, 0.29) is 22.9 Å². The molecule has 0 saturated heterocycles. The second-order valence-corrected chi connectivity index (χ2v) is 9.73. The average molecular weight is 357 g/mol. The molecule has 142 valence electrons. The summed E-state index contributed by atoms with van der Waals surface area (Å²) in [6.07, 6.45) is 16.3. The molecule has 26 heavy (non-hydrogen) atoms. The summed E-state index contributed by atoms with van der Waals surface area (Å²) in [6, 6.07) is 0. The zero-order valence-electron chi connectivity index (χ0n) is 16.4. The lowest BCUT2D eigenvalue weighted by molar-refractivity contribution is -0.149. The summed E-state index contributed by atoms with van der Waals surface area (Å²) in [5.41, 5.74) is 0.655. The van der Waals surface area contributed by atoms with Gasteiger partial charge in [0, 0.05) is 18.8 Å². The van der Waals surface area contributed by atoms with Crippen molar-refractivity contribution in [3.8, 4) is 12.3 Å². The summed E-state index contributed by atoms with van der Waals surface area (Å²) < 4.78 is 5.51. The van der Waals surface area contributed by atoms with Gasteiger partial charge in [0.1, 0.15) is 11.7 Å². The summed E-state index contributed by atoms with van der Waals surface area (Å²) in [4.78, 5) is 11.3. The number of hydrogen-bond acceptors (Lipinski definition) is 3. The number of aliphatic hydroxyl groups is 1. The van der Waals surface area contributed by atoms with Gasteiger partial charge in [0.25, 0.3) is 0 Å². The molecule has 4 aliphatic carbocycles. The first kappa shape index (κ1) is 18.1. The number of esters is 1. The lowest BCUT2D eigenvalue weighted by atomic mass is 9.47. The summed E-state index contributed by atoms with van der Waals surface area (Å²) in [5.74, 6) is 4.39. The number of fused-ring (bicyclic) bond motifs is 5. The van der Waals surface area contributed by atoms with Crippen molar-refractivity contribution in [3.05, 3.63) is 11.6 Å². The second-order valence-electron chi connectivity index (χ2n) is 9.73. The number of carbonyl (C=O) groups is 1. The highest BCUT2D eigenvalue weighted by Crippen LogP contribution is 2.67. The molecule has 0 aliphatic heterocycles. The highest BCUT2D eigenvalue weighted by molar-refractivity contribution is 5.66. The van der Waals surface area contributed by atoms with E-state index < -0.39 is 5.60 Å². The van der Waals surface area contributed by atoms with E-state index in [1.54, 1.807) is 0 Å². The number of ether oxygens (including phenoxy) is 1. The van der Waals surface area contributed by atoms with E-state index in [0.717, 1.165) is 51.4 Å². The normalized spacial score (nSPS) is 49.9. The standard InChI is InChI=1S/C23H32O3/c1-5-23(25)13-10-20-18-7-6-16-14-17(26-15(2)24)8-11-21(16,3)19(18)9-12-22(20,23)4/h1,6,17-20,25H,7-14H2,2-4H3/t17-,18-,19-,20-,21-,22-,23-/m1/s1. The maximum absolute atomic E-state index is 11.3. The fraction of sp³-hybridized carbons (Fsp3) is 0.783. The Morgan fingerprint density at radius 1 is 1.23 bits per heavy atom. The van der Waals surface area contributed by atoms with Crippen molar-refractivity contribution < 1.29 is 14.6 Å². The first-order valence-corrected chi connectivity index (χ1v) is 10.3. The molecule has 3 nitrogen and oxygen atoms in total. The number of carbonyl (C=O) groups excluding carboxylic acids is 1. The molecule has 3 fully saturated rings. The third kappa shape index (κ3) is 2.34. The molecule has 0 aromatic heterocycles. The van der Waals surface area contributed by atoms with Crippen LogP contribution in [0.3, 0.4) is 0 Å². The largest absolute Gasteiger partial charge is 0.462 e. The van der Waals surface area contributed by atoms with Crippen LogP contribution in [-0.2, 0) is 9.53 Å². The number of terminal acetylenes is 1. The fourth-order valence-corrected chi connectivity index (χ4v) is 7.22. The van der Waals surface area contributed by atoms with Gasteiger partial charge in [0.15, 0.2) is 0 Å². The minimum absolute atomic E-state index is 0.0512. The summed E-state index contributed by atoms with van der Waals surface area (Å²) in [6.45, 7) is 6.18. The molecule has 0 aromatic carbocycles. The molecule has 4 rings (SSSR count). The van der Waals surface area contributed by atoms with Crippen molar-refractivity contribution in [2.24, 2.45) is 28.6 Å². The van der Waals surface area contributed by atoms with Crippen LogP contribution in [0.5, 0.6) is 0 Å². The van der Waals surface area contributed by atoms with Gasteiger partial charge in [-0.1, -0.05) is 31.4 Å². The van der Waals surface area contributed by atoms with Gasteiger partial charge in [-0.3, -0.25) is 4.79 Å². The average Bonchev–Trinajstić information content (AvgIpc) is 2.87. The number of hydrogen-bond donors (Lipinski definition) is 1. The minimum atomic E-state index is -0.930. The number of rotatable bonds is 1. The highest BCUT2D eigenvalue weighted by Gasteiger charge is 2.63. The Kier molecular flexibility index (Phi) is 4.08. The van der Waals surface area contributed by atoms with Gasteiger partial charge in [-0.15, -0.1) is 6.42 Å². The fourth-order valence-electron chi connectivity index (χ4n) is 7.22. The van der Waals surface area contributed by atoms with E-state index in [9.17, 15) is 9.90 Å². The van der Waals surface area contributed by atoms with Gasteiger partial charge in [0.2, 0.25) is 0 Å². The van der Waals surface area contributed by atoms with Gasteiger partial charge in [-0.2, -0.15) is 0 Å². The summed E-state index contributed by atoms with van der Waals surface area (Å²) >= 11 is 0. The molecule has 0 unspecified atom stereocenters. The van der Waals surface area contributed by atoms with Crippen LogP contribution < -0.4 is 0 Å². The molecule has 4 aliphatic rings. The molecule has 7 atom stereocenters. The van der Waals surface area contributed by atoms with Crippen LogP contribution in [0.1, 0.15) is 72.1 Å². The van der Waals surface area contributed by atoms with E-state index in [1.807, 2.05) is 0 Å². The van der Waals surface area contributed by atoms with Crippen molar-refractivity contribution in [2.45, 2.75) is 83.8 Å². The van der Waals surface area contributed by atoms with Crippen molar-refractivity contribution in [1.29, 1.82) is 0 Å². The molecule has 3 saturated carbocycles. The maximum Gasteiger partial charge on any atom is 0.302 e. The minimum Gasteiger partial charge on any atom is -0.462 e. The van der Waals surface area contributed by atoms with Crippen molar-refractivity contribution in [1.82, 2.24) is 0 Å². The Hall–Kier alpha value is -1.27. The Morgan fingerprint density at radius 3 is 2.65 bits per heavy atom. The van der Waals surface area contributed by atoms with Gasteiger partial charge >= 0.3 is 5.97 Å². The Labute approximate surface area is 157 Å². The predicted molar refractivity (Wildman–Crippen MR) is 101 cm³/mol. The SMILES string of the molecule is C#C[C@@]1(O)CC[C@@H]2[C@@H]3CC=C4C[C@H](OC(C)=O)CC[C@@]4(C)[C@@H]3CC[C@]21C. The first-order chi connectivity index (χ1) is 12.2. The van der Waals surface area contributed by atoms with E-state index in [0.29, 0.717) is 17.8 Å². The molecular weight excluding hydrogens is 324 g/mol. The molecule has 0 radical (unpaired) electrons. The van der Waals surface area contributed by atoms with Gasteiger partial charge < -0.3 is 9.84 Å². The Balaban J connectivity index is 1.61. The quantitative estimate of drug-likeness (QED) is 0.434. The van der Waals surface area contributed by atoms with Crippen LogP contribution in [0.4, 0.5) is 0 Å². The highest BCUT2D eigenvalue weighted by atomic mass is 16.5. The monoisotopic (exact) mass is 356 g/mol. The van der Waals surface area contributed by atoms with Crippen LogP contribution in [0.2, 0.25) is 0 Å². The topological polar surface area (TPSA) is 46.5 Å². The third-order valence-corrected chi connectivity index (χ3v) is 8.78. The van der Waals surface area contributed by atoms with E-state index >= 15 is 0 Å². The van der Waals surface area contributed by atoms with Gasteiger partial charge in [-0.05, 0) is 68.1 Å². The van der Waals surface area contributed by atoms with E-state index in [2.05, 4.69) is 25.8 Å². The Morgan fingerprint density at radius 2 is 1.96 bits per heavy atom. The molecular formula is C23H32O3. The molecule has 0 spiro atoms. The van der Waals surface area contributed by atoms with Crippen LogP contribution in [0.25, 0.3) is 0 Å². The molecule has 1 N–H and O–H groups in total. The second kappa shape index (κ2) is 5.86. The third-order valence-electron chi connectivity index (χ3n) is 8.78. The smallest absolute Gasteiger partial charge is 0.302 e.